The van der Waals surface area contributed by atoms with Crippen molar-refractivity contribution in [2.24, 2.45) is 16.0 Å². The number of amidine groups is 1. The second-order valence-corrected chi connectivity index (χ2v) is 7.28. The van der Waals surface area contributed by atoms with Crippen molar-refractivity contribution < 1.29 is 29.2 Å². The Labute approximate surface area is 166 Å². The Morgan fingerprint density at radius 1 is 1.48 bits per heavy atom. The highest BCUT2D eigenvalue weighted by atomic mass is 16.6. The number of aromatic nitrogens is 1. The van der Waals surface area contributed by atoms with Crippen molar-refractivity contribution in [2.75, 3.05) is 20.1 Å². The smallest absolute Gasteiger partial charge is 0.308 e. The van der Waals surface area contributed by atoms with Gasteiger partial charge >= 0.3 is 5.97 Å². The lowest BCUT2D eigenvalue weighted by Crippen LogP contribution is -2.43. The fourth-order valence-corrected chi connectivity index (χ4v) is 3.48. The Kier molecular flexibility index (Phi) is 4.87. The number of aliphatic imine (C=N–C) groups is 1. The van der Waals surface area contributed by atoms with Gasteiger partial charge in [0.2, 0.25) is 5.60 Å². The molecule has 4 atom stereocenters. The number of aliphatic hydroxyl groups excluding tert-OH is 2. The number of fused-ring (bicyclic) bond motifs is 3. The van der Waals surface area contributed by atoms with Crippen LogP contribution in [0, 0.1) is 17.2 Å². The lowest BCUT2D eigenvalue weighted by Gasteiger charge is -2.30. The number of aliphatic hydroxyl groups is 2. The van der Waals surface area contributed by atoms with Crippen LogP contribution in [0.3, 0.4) is 0 Å². The molecule has 1 saturated heterocycles. The van der Waals surface area contributed by atoms with E-state index in [1.807, 2.05) is 6.07 Å². The monoisotopic (exact) mass is 403 g/mol. The van der Waals surface area contributed by atoms with Crippen LogP contribution in [0.25, 0.3) is 0 Å². The third kappa shape index (κ3) is 3.01. The Hall–Kier alpha value is -2.78. The molecule has 154 valence electrons. The second kappa shape index (κ2) is 7.23. The van der Waals surface area contributed by atoms with Crippen LogP contribution in [0.15, 0.2) is 22.2 Å². The van der Waals surface area contributed by atoms with Crippen LogP contribution in [0.2, 0.25) is 0 Å². The highest BCUT2D eigenvalue weighted by Gasteiger charge is 2.58. The first-order valence-electron chi connectivity index (χ1n) is 9.17. The van der Waals surface area contributed by atoms with E-state index in [1.165, 1.54) is 11.0 Å². The predicted octanol–water partition coefficient (Wildman–Crippen LogP) is -0.674. The van der Waals surface area contributed by atoms with E-state index in [-0.39, 0.29) is 24.9 Å². The average molecular weight is 403 g/mol. The van der Waals surface area contributed by atoms with Crippen LogP contribution in [0.1, 0.15) is 25.2 Å². The minimum absolute atomic E-state index is 0.199. The molecule has 1 fully saturated rings. The minimum atomic E-state index is -1.89. The number of hydrogen-bond acceptors (Lipinski definition) is 10. The fraction of sp³-hybridized carbons (Fsp3) is 0.556. The van der Waals surface area contributed by atoms with Gasteiger partial charge in [-0.15, -0.1) is 0 Å². The van der Waals surface area contributed by atoms with Gasteiger partial charge in [-0.1, -0.05) is 13.8 Å². The summed E-state index contributed by atoms with van der Waals surface area (Å²) in [6.07, 6.45) is -2.56. The van der Waals surface area contributed by atoms with E-state index in [9.17, 15) is 20.3 Å². The van der Waals surface area contributed by atoms with Crippen LogP contribution < -0.4 is 0 Å². The van der Waals surface area contributed by atoms with Crippen LogP contribution in [-0.2, 0) is 24.6 Å². The third-order valence-corrected chi connectivity index (χ3v) is 5.07. The lowest BCUT2D eigenvalue weighted by atomic mass is 9.92. The van der Waals surface area contributed by atoms with E-state index in [0.717, 1.165) is 0 Å². The normalized spacial score (nSPS) is 30.6. The minimum Gasteiger partial charge on any atom is -0.463 e. The number of hydrogen-bond donors (Lipinski definition) is 2. The van der Waals surface area contributed by atoms with Crippen molar-refractivity contribution in [3.8, 4) is 6.07 Å². The van der Waals surface area contributed by atoms with Crippen LogP contribution >= 0.6 is 0 Å². The zero-order valence-corrected chi connectivity index (χ0v) is 15.9. The third-order valence-electron chi connectivity index (χ3n) is 5.07. The summed E-state index contributed by atoms with van der Waals surface area (Å²) in [7, 11) is 0. The summed E-state index contributed by atoms with van der Waals surface area (Å²) in [6.45, 7) is 3.57. The molecular formula is C18H21N5O6. The van der Waals surface area contributed by atoms with Crippen LogP contribution in [0.4, 0.5) is 0 Å². The summed E-state index contributed by atoms with van der Waals surface area (Å²) < 4.78 is 17.6. The van der Waals surface area contributed by atoms with Crippen molar-refractivity contribution in [1.82, 2.24) is 9.58 Å². The van der Waals surface area contributed by atoms with E-state index in [1.54, 1.807) is 30.9 Å². The first-order valence-corrected chi connectivity index (χ1v) is 9.17. The Morgan fingerprint density at radius 3 is 3.00 bits per heavy atom. The summed E-state index contributed by atoms with van der Waals surface area (Å²) in [5.74, 6) is -0.206. The van der Waals surface area contributed by atoms with Gasteiger partial charge in [0.05, 0.1) is 11.6 Å². The summed E-state index contributed by atoms with van der Waals surface area (Å²) in [5, 5.41) is 35.4. The van der Waals surface area contributed by atoms with E-state index < -0.39 is 29.9 Å². The molecule has 2 N–H and O–H groups in total. The zero-order valence-electron chi connectivity index (χ0n) is 15.9. The van der Waals surface area contributed by atoms with Gasteiger partial charge in [0.25, 0.3) is 0 Å². The van der Waals surface area contributed by atoms with E-state index in [0.29, 0.717) is 18.3 Å². The second-order valence-electron chi connectivity index (χ2n) is 7.28. The largest absolute Gasteiger partial charge is 0.463 e. The number of nitriles is 1. The number of ether oxygens (including phenoxy) is 3. The quantitative estimate of drug-likeness (QED) is 0.630. The molecule has 1 aromatic heterocycles. The van der Waals surface area contributed by atoms with Gasteiger partial charge in [0, 0.05) is 0 Å². The standard InChI is InChI=1S/C18H21N5O6/c1-10(2)17(26)28-5-12-14(24)15(25)18(6-19,29-12)13-4-3-11-16-20-8-27-9-22(16)7-21-23(11)13/h3-4,7,10,12,14-15,24-25H,5,8-9H2,1-2H3/t12-,14-,15-,18+/m1/s1. The number of rotatable bonds is 4. The molecule has 0 unspecified atom stereocenters. The summed E-state index contributed by atoms with van der Waals surface area (Å²) >= 11 is 0. The molecule has 0 aliphatic carbocycles. The maximum absolute atomic E-state index is 11.7. The molecule has 1 aromatic rings. The molecule has 0 saturated carbocycles. The maximum atomic E-state index is 11.7. The van der Waals surface area contributed by atoms with E-state index in [4.69, 9.17) is 14.2 Å². The van der Waals surface area contributed by atoms with Crippen molar-refractivity contribution >= 4 is 18.1 Å². The Morgan fingerprint density at radius 2 is 2.28 bits per heavy atom. The van der Waals surface area contributed by atoms with Crippen molar-refractivity contribution in [2.45, 2.75) is 37.8 Å². The fourth-order valence-electron chi connectivity index (χ4n) is 3.48. The van der Waals surface area contributed by atoms with Crippen LogP contribution in [-0.4, -0.2) is 76.3 Å². The molecule has 4 rings (SSSR count). The topological polar surface area (TPSA) is 142 Å². The highest BCUT2D eigenvalue weighted by molar-refractivity contribution is 6.05. The summed E-state index contributed by atoms with van der Waals surface area (Å²) in [4.78, 5) is 17.8. The lowest BCUT2D eigenvalue weighted by molar-refractivity contribution is -0.154. The average Bonchev–Trinajstić information content (AvgIpc) is 3.27. The van der Waals surface area contributed by atoms with Gasteiger partial charge < -0.3 is 24.4 Å². The summed E-state index contributed by atoms with van der Waals surface area (Å²) in [5.41, 5.74) is -1.05. The Balaban J connectivity index is 1.65. The van der Waals surface area contributed by atoms with E-state index in [2.05, 4.69) is 10.1 Å². The molecule has 11 nitrogen and oxygen atoms in total. The molecule has 0 spiro atoms. The van der Waals surface area contributed by atoms with E-state index >= 15 is 0 Å². The van der Waals surface area contributed by atoms with Crippen molar-refractivity contribution in [3.05, 3.63) is 23.5 Å². The molecule has 11 heteroatoms. The molecule has 4 heterocycles. The molecule has 0 amide bonds. The number of carbonyl (C=O) groups excluding carboxylic acids is 1. The zero-order chi connectivity index (χ0) is 20.8. The van der Waals surface area contributed by atoms with Gasteiger partial charge in [-0.2, -0.15) is 10.4 Å². The molecule has 0 aromatic carbocycles. The van der Waals surface area contributed by atoms with Crippen molar-refractivity contribution in [1.29, 1.82) is 5.26 Å². The van der Waals surface area contributed by atoms with Gasteiger partial charge in [-0.05, 0) is 12.1 Å². The first kappa shape index (κ1) is 19.5. The summed E-state index contributed by atoms with van der Waals surface area (Å²) in [6, 6.07) is 5.28. The first-order chi connectivity index (χ1) is 13.9. The van der Waals surface area contributed by atoms with Gasteiger partial charge in [-0.3, -0.25) is 9.69 Å². The number of carbonyl (C=O) groups is 1. The molecule has 0 radical (unpaired) electrons. The molecular weight excluding hydrogens is 382 g/mol. The van der Waals surface area contributed by atoms with Gasteiger partial charge in [-0.25, -0.2) is 9.67 Å². The molecule has 29 heavy (non-hydrogen) atoms. The predicted molar refractivity (Wildman–Crippen MR) is 97.5 cm³/mol. The van der Waals surface area contributed by atoms with Gasteiger partial charge in [0.15, 0.2) is 5.84 Å². The molecule has 0 bridgehead atoms. The number of esters is 1. The maximum Gasteiger partial charge on any atom is 0.308 e. The SMILES string of the molecule is CC(C)C(=O)OC[C@H]1O[C@@](C#N)(c2ccc3n2N=CN2COCN=C32)[C@H](O)[C@@H]1O. The highest BCUT2D eigenvalue weighted by Crippen LogP contribution is 2.41. The molecule has 3 aliphatic rings. The van der Waals surface area contributed by atoms with Crippen LogP contribution in [0.5, 0.6) is 0 Å². The Bertz CT molecular complexity index is 918. The number of nitrogens with zero attached hydrogens (tertiary/aromatic N) is 5. The molecule has 3 aliphatic heterocycles. The van der Waals surface area contributed by atoms with Gasteiger partial charge in [0.1, 0.15) is 56.5 Å². The van der Waals surface area contributed by atoms with Crippen molar-refractivity contribution in [3.63, 3.8) is 0 Å².